The van der Waals surface area contributed by atoms with E-state index < -0.39 is 0 Å². The predicted octanol–water partition coefficient (Wildman–Crippen LogP) is 5.43. The summed E-state index contributed by atoms with van der Waals surface area (Å²) in [7, 11) is 0. The molecule has 0 heterocycles. The smallest absolute Gasteiger partial charge is 0.224 e. The molecule has 0 unspecified atom stereocenters. The number of rotatable bonds is 7. The highest BCUT2D eigenvalue weighted by molar-refractivity contribution is 5.90. The highest BCUT2D eigenvalue weighted by atomic mass is 16.5. The zero-order valence-corrected chi connectivity index (χ0v) is 15.1. The Bertz CT molecular complexity index is 741. The first-order valence-corrected chi connectivity index (χ1v) is 8.49. The Labute approximate surface area is 150 Å². The number of carbonyl (C=O) groups excluding carboxylic acids is 1. The molecule has 1 amide bonds. The Morgan fingerprint density at radius 3 is 2.40 bits per heavy atom. The number of hydrogen-bond donors (Lipinski definition) is 1. The molecular formula is C22H25NO2. The van der Waals surface area contributed by atoms with Crippen LogP contribution in [0, 0.1) is 6.92 Å². The van der Waals surface area contributed by atoms with Crippen molar-refractivity contribution >= 4 is 11.6 Å². The third kappa shape index (κ3) is 6.68. The van der Waals surface area contributed by atoms with Crippen molar-refractivity contribution in [2.75, 3.05) is 5.32 Å². The van der Waals surface area contributed by atoms with Crippen LogP contribution >= 0.6 is 0 Å². The normalized spacial score (nSPS) is 11.6. The second-order valence-corrected chi connectivity index (χ2v) is 5.96. The van der Waals surface area contributed by atoms with Crippen LogP contribution in [0.3, 0.4) is 0 Å². The lowest BCUT2D eigenvalue weighted by Gasteiger charge is -2.08. The summed E-state index contributed by atoms with van der Waals surface area (Å²) in [5.74, 6) is 1.66. The van der Waals surface area contributed by atoms with E-state index in [-0.39, 0.29) is 5.91 Å². The molecule has 0 aliphatic heterocycles. The standard InChI is InChI=1S/C22H25NO2/c1-4-5-6-18(3)25-21-14-9-19(10-15-21)11-16-22(24)23-20-12-7-17(2)8-13-20/h4-10,12-15H,11,16H2,1-3H3,(H,23,24)/b5-4-,18-6+. The van der Waals surface area contributed by atoms with E-state index in [1.165, 1.54) is 5.56 Å². The molecule has 3 heteroatoms. The topological polar surface area (TPSA) is 38.3 Å². The maximum Gasteiger partial charge on any atom is 0.224 e. The quantitative estimate of drug-likeness (QED) is 0.541. The van der Waals surface area contributed by atoms with Crippen molar-refractivity contribution in [2.45, 2.75) is 33.6 Å². The number of hydrogen-bond acceptors (Lipinski definition) is 2. The van der Waals surface area contributed by atoms with Gasteiger partial charge in [0, 0.05) is 12.1 Å². The van der Waals surface area contributed by atoms with Gasteiger partial charge in [0.2, 0.25) is 5.91 Å². The zero-order valence-electron chi connectivity index (χ0n) is 15.1. The van der Waals surface area contributed by atoms with Crippen LogP contribution in [-0.4, -0.2) is 5.91 Å². The van der Waals surface area contributed by atoms with Crippen molar-refractivity contribution in [3.8, 4) is 5.75 Å². The zero-order chi connectivity index (χ0) is 18.1. The molecular weight excluding hydrogens is 310 g/mol. The van der Waals surface area contributed by atoms with Gasteiger partial charge >= 0.3 is 0 Å². The molecule has 130 valence electrons. The molecule has 2 aromatic rings. The second-order valence-electron chi connectivity index (χ2n) is 5.96. The number of carbonyl (C=O) groups is 1. The van der Waals surface area contributed by atoms with Gasteiger partial charge in [-0.2, -0.15) is 0 Å². The van der Waals surface area contributed by atoms with Gasteiger partial charge in [-0.15, -0.1) is 0 Å². The van der Waals surface area contributed by atoms with Crippen LogP contribution in [0.25, 0.3) is 0 Å². The number of allylic oxidation sites excluding steroid dienone is 4. The fourth-order valence-corrected chi connectivity index (χ4v) is 2.29. The van der Waals surface area contributed by atoms with Crippen molar-refractivity contribution < 1.29 is 9.53 Å². The highest BCUT2D eigenvalue weighted by Crippen LogP contribution is 2.16. The Morgan fingerprint density at radius 2 is 1.76 bits per heavy atom. The lowest BCUT2D eigenvalue weighted by atomic mass is 10.1. The molecule has 3 nitrogen and oxygen atoms in total. The van der Waals surface area contributed by atoms with E-state index >= 15 is 0 Å². The molecule has 0 aromatic heterocycles. The fourth-order valence-electron chi connectivity index (χ4n) is 2.29. The van der Waals surface area contributed by atoms with Crippen LogP contribution in [0.4, 0.5) is 5.69 Å². The summed E-state index contributed by atoms with van der Waals surface area (Å²) >= 11 is 0. The Hall–Kier alpha value is -2.81. The van der Waals surface area contributed by atoms with Gasteiger partial charge in [-0.1, -0.05) is 42.0 Å². The lowest BCUT2D eigenvalue weighted by Crippen LogP contribution is -2.12. The van der Waals surface area contributed by atoms with Gasteiger partial charge in [0.05, 0.1) is 0 Å². The van der Waals surface area contributed by atoms with E-state index in [2.05, 4.69) is 5.32 Å². The summed E-state index contributed by atoms with van der Waals surface area (Å²) in [4.78, 5) is 12.0. The van der Waals surface area contributed by atoms with Crippen LogP contribution in [0.5, 0.6) is 5.75 Å². The monoisotopic (exact) mass is 335 g/mol. The van der Waals surface area contributed by atoms with Crippen LogP contribution < -0.4 is 10.1 Å². The van der Waals surface area contributed by atoms with Crippen molar-refractivity contribution in [1.29, 1.82) is 0 Å². The van der Waals surface area contributed by atoms with Crippen molar-refractivity contribution in [3.05, 3.63) is 83.6 Å². The molecule has 0 radical (unpaired) electrons. The summed E-state index contributed by atoms with van der Waals surface area (Å²) in [6, 6.07) is 15.7. The maximum absolute atomic E-state index is 12.0. The third-order valence-electron chi connectivity index (χ3n) is 3.70. The van der Waals surface area contributed by atoms with Gasteiger partial charge in [0.15, 0.2) is 0 Å². The molecule has 0 aliphatic carbocycles. The highest BCUT2D eigenvalue weighted by Gasteiger charge is 2.04. The first-order valence-electron chi connectivity index (χ1n) is 8.49. The van der Waals surface area contributed by atoms with Crippen LogP contribution in [-0.2, 0) is 11.2 Å². The summed E-state index contributed by atoms with van der Waals surface area (Å²) in [5.41, 5.74) is 3.13. The summed E-state index contributed by atoms with van der Waals surface area (Å²) in [5, 5.41) is 2.92. The minimum Gasteiger partial charge on any atom is -0.462 e. The van der Waals surface area contributed by atoms with E-state index in [1.54, 1.807) is 0 Å². The Balaban J connectivity index is 1.82. The van der Waals surface area contributed by atoms with E-state index in [4.69, 9.17) is 4.74 Å². The minimum atomic E-state index is 0.0225. The molecule has 2 aromatic carbocycles. The van der Waals surface area contributed by atoms with Gasteiger partial charge in [-0.3, -0.25) is 4.79 Å². The van der Waals surface area contributed by atoms with Gasteiger partial charge < -0.3 is 10.1 Å². The Morgan fingerprint density at radius 1 is 1.08 bits per heavy atom. The van der Waals surface area contributed by atoms with Crippen molar-refractivity contribution in [3.63, 3.8) is 0 Å². The van der Waals surface area contributed by atoms with E-state index in [1.807, 2.05) is 87.5 Å². The third-order valence-corrected chi connectivity index (χ3v) is 3.70. The van der Waals surface area contributed by atoms with Gasteiger partial charge in [0.25, 0.3) is 0 Å². The maximum atomic E-state index is 12.0. The molecule has 0 bridgehead atoms. The molecule has 25 heavy (non-hydrogen) atoms. The van der Waals surface area contributed by atoms with Crippen molar-refractivity contribution in [2.24, 2.45) is 0 Å². The number of benzene rings is 2. The summed E-state index contributed by atoms with van der Waals surface area (Å²) < 4.78 is 5.72. The SMILES string of the molecule is C/C=C\C=C(/C)Oc1ccc(CCC(=O)Nc2ccc(C)cc2)cc1. The molecule has 0 saturated carbocycles. The molecule has 0 saturated heterocycles. The average Bonchev–Trinajstić information content (AvgIpc) is 2.61. The number of amides is 1. The fraction of sp³-hybridized carbons (Fsp3) is 0.227. The van der Waals surface area contributed by atoms with Gasteiger partial charge in [-0.25, -0.2) is 0 Å². The second kappa shape index (κ2) is 9.48. The first-order chi connectivity index (χ1) is 12.1. The van der Waals surface area contributed by atoms with E-state index in [0.29, 0.717) is 12.8 Å². The summed E-state index contributed by atoms with van der Waals surface area (Å²) in [6.07, 6.45) is 6.97. The predicted molar refractivity (Wildman–Crippen MR) is 104 cm³/mol. The van der Waals surface area contributed by atoms with Gasteiger partial charge in [0.1, 0.15) is 11.5 Å². The molecule has 2 rings (SSSR count). The molecule has 1 N–H and O–H groups in total. The lowest BCUT2D eigenvalue weighted by molar-refractivity contribution is -0.116. The first kappa shape index (κ1) is 18.5. The average molecular weight is 335 g/mol. The largest absolute Gasteiger partial charge is 0.462 e. The molecule has 0 fully saturated rings. The molecule has 0 aliphatic rings. The van der Waals surface area contributed by atoms with Crippen LogP contribution in [0.15, 0.2) is 72.5 Å². The molecule has 0 spiro atoms. The van der Waals surface area contributed by atoms with Crippen molar-refractivity contribution in [1.82, 2.24) is 0 Å². The van der Waals surface area contributed by atoms with E-state index in [9.17, 15) is 4.79 Å². The number of nitrogens with one attached hydrogen (secondary N) is 1. The minimum absolute atomic E-state index is 0.0225. The van der Waals surface area contributed by atoms with E-state index in [0.717, 1.165) is 22.8 Å². The van der Waals surface area contributed by atoms with Crippen LogP contribution in [0.1, 0.15) is 31.4 Å². The Kier molecular flexibility index (Phi) is 7.02. The van der Waals surface area contributed by atoms with Crippen LogP contribution in [0.2, 0.25) is 0 Å². The number of aryl methyl sites for hydroxylation is 2. The van der Waals surface area contributed by atoms with Gasteiger partial charge in [-0.05, 0) is 63.1 Å². The number of anilines is 1. The molecule has 0 atom stereocenters. The summed E-state index contributed by atoms with van der Waals surface area (Å²) in [6.45, 7) is 5.91. The number of ether oxygens (including phenoxy) is 1.